The van der Waals surface area contributed by atoms with Crippen LogP contribution < -0.4 is 4.74 Å². The van der Waals surface area contributed by atoms with Crippen LogP contribution in [0.3, 0.4) is 0 Å². The summed E-state index contributed by atoms with van der Waals surface area (Å²) in [6, 6.07) is 16.9. The maximum atomic E-state index is 12.0. The first kappa shape index (κ1) is 29.0. The van der Waals surface area contributed by atoms with E-state index in [1.807, 2.05) is 42.5 Å². The summed E-state index contributed by atoms with van der Waals surface area (Å²) in [6.07, 6.45) is -7.15. The molecule has 2 saturated heterocycles. The Hall–Kier alpha value is -3.02. The Morgan fingerprint density at radius 2 is 1.77 bits per heavy atom. The molecule has 2 fully saturated rings. The third-order valence-electron chi connectivity index (χ3n) is 8.28. The second kappa shape index (κ2) is 12.0. The zero-order valence-electron chi connectivity index (χ0n) is 22.1. The smallest absolute Gasteiger partial charge is 0.335 e. The second-order valence-electron chi connectivity index (χ2n) is 10.9. The van der Waals surface area contributed by atoms with Gasteiger partial charge in [0.1, 0.15) is 24.1 Å². The van der Waals surface area contributed by atoms with Gasteiger partial charge in [0.2, 0.25) is 6.29 Å². The summed E-state index contributed by atoms with van der Waals surface area (Å²) in [5.74, 6) is -2.28. The van der Waals surface area contributed by atoms with Crippen molar-refractivity contribution in [2.75, 3.05) is 19.6 Å². The number of aliphatic hydroxyl groups excluding tert-OH is 3. The predicted molar refractivity (Wildman–Crippen MR) is 140 cm³/mol. The molecule has 2 aromatic rings. The molecule has 0 unspecified atom stereocenters. The van der Waals surface area contributed by atoms with Crippen molar-refractivity contribution in [3.63, 3.8) is 0 Å². The van der Waals surface area contributed by atoms with E-state index in [9.17, 15) is 35.1 Å². The summed E-state index contributed by atoms with van der Waals surface area (Å²) in [6.45, 7) is 6.19. The molecule has 2 aliphatic rings. The lowest BCUT2D eigenvalue weighted by Crippen LogP contribution is -2.61. The lowest BCUT2D eigenvalue weighted by molar-refractivity contribution is -0.271. The number of likely N-dealkylation sites (tertiary alicyclic amines) is 1. The number of aliphatic carboxylic acids is 2. The van der Waals surface area contributed by atoms with E-state index in [4.69, 9.17) is 9.47 Å². The van der Waals surface area contributed by atoms with Gasteiger partial charge >= 0.3 is 11.9 Å². The summed E-state index contributed by atoms with van der Waals surface area (Å²) in [4.78, 5) is 25.6. The summed E-state index contributed by atoms with van der Waals surface area (Å²) < 4.78 is 11.0. The van der Waals surface area contributed by atoms with Crippen molar-refractivity contribution >= 4 is 11.9 Å². The lowest BCUT2D eigenvalue weighted by Gasteiger charge is -2.45. The Kier molecular flexibility index (Phi) is 8.93. The van der Waals surface area contributed by atoms with E-state index < -0.39 is 48.6 Å². The van der Waals surface area contributed by atoms with Gasteiger partial charge in [0.25, 0.3) is 0 Å². The fourth-order valence-electron chi connectivity index (χ4n) is 5.56. The van der Waals surface area contributed by atoms with Crippen LogP contribution in [0.5, 0.6) is 5.75 Å². The zero-order chi connectivity index (χ0) is 28.3. The number of piperidine rings is 1. The Balaban J connectivity index is 1.43. The number of aliphatic hydroxyl groups is 3. The highest BCUT2D eigenvalue weighted by atomic mass is 16.7. The van der Waals surface area contributed by atoms with Gasteiger partial charge in [-0.3, -0.25) is 4.79 Å². The van der Waals surface area contributed by atoms with E-state index in [1.54, 1.807) is 12.1 Å². The van der Waals surface area contributed by atoms with Crippen LogP contribution in [-0.4, -0.2) is 92.7 Å². The first-order valence-electron chi connectivity index (χ1n) is 13.2. The quantitative estimate of drug-likeness (QED) is 0.314. The molecule has 212 valence electrons. The van der Waals surface area contributed by atoms with Gasteiger partial charge in [0.05, 0.1) is 5.92 Å². The summed E-state index contributed by atoms with van der Waals surface area (Å²) >= 11 is 0. The van der Waals surface area contributed by atoms with Crippen LogP contribution in [0, 0.1) is 11.8 Å². The number of rotatable bonds is 9. The highest BCUT2D eigenvalue weighted by Gasteiger charge is 2.48. The molecule has 10 heteroatoms. The lowest BCUT2D eigenvalue weighted by atomic mass is 9.68. The molecule has 2 aliphatic heterocycles. The van der Waals surface area contributed by atoms with E-state index in [0.717, 1.165) is 30.6 Å². The Morgan fingerprint density at radius 1 is 1.05 bits per heavy atom. The monoisotopic (exact) mass is 543 g/mol. The molecule has 2 aromatic carbocycles. The largest absolute Gasteiger partial charge is 0.481 e. The van der Waals surface area contributed by atoms with Crippen LogP contribution in [0.2, 0.25) is 0 Å². The van der Waals surface area contributed by atoms with Crippen molar-refractivity contribution in [2.24, 2.45) is 11.8 Å². The molecule has 0 radical (unpaired) electrons. The minimum absolute atomic E-state index is 0.178. The second-order valence-corrected chi connectivity index (χ2v) is 10.9. The van der Waals surface area contributed by atoms with Gasteiger partial charge in [-0.05, 0) is 54.0 Å². The molecule has 0 bridgehead atoms. The molecule has 0 spiro atoms. The molecule has 0 amide bonds. The van der Waals surface area contributed by atoms with Gasteiger partial charge in [-0.1, -0.05) is 56.3 Å². The van der Waals surface area contributed by atoms with E-state index in [2.05, 4.69) is 18.7 Å². The molecule has 0 saturated carbocycles. The summed E-state index contributed by atoms with van der Waals surface area (Å²) in [5, 5.41) is 49.4. The van der Waals surface area contributed by atoms with Gasteiger partial charge in [0.15, 0.2) is 6.10 Å². The fourth-order valence-corrected chi connectivity index (χ4v) is 5.56. The van der Waals surface area contributed by atoms with Crippen molar-refractivity contribution in [3.8, 4) is 5.75 Å². The number of ether oxygens (including phenoxy) is 2. The molecule has 10 nitrogen and oxygen atoms in total. The van der Waals surface area contributed by atoms with Crippen molar-refractivity contribution in [1.82, 2.24) is 4.90 Å². The van der Waals surface area contributed by atoms with Gasteiger partial charge < -0.3 is 39.9 Å². The number of benzene rings is 2. The zero-order valence-corrected chi connectivity index (χ0v) is 22.1. The average molecular weight is 544 g/mol. The minimum Gasteiger partial charge on any atom is -0.481 e. The molecule has 8 atom stereocenters. The van der Waals surface area contributed by atoms with Crippen LogP contribution >= 0.6 is 0 Å². The molecule has 5 N–H and O–H groups in total. The van der Waals surface area contributed by atoms with Gasteiger partial charge in [-0.25, -0.2) is 4.79 Å². The van der Waals surface area contributed by atoms with Crippen LogP contribution in [0.1, 0.15) is 31.4 Å². The molecule has 2 heterocycles. The fraction of sp³-hybridized carbons (Fsp3) is 0.517. The highest BCUT2D eigenvalue weighted by Crippen LogP contribution is 2.41. The van der Waals surface area contributed by atoms with Gasteiger partial charge in [-0.15, -0.1) is 0 Å². The Labute approximate surface area is 227 Å². The third-order valence-corrected chi connectivity index (χ3v) is 8.28. The first-order valence-corrected chi connectivity index (χ1v) is 13.2. The number of nitrogens with zero attached hydrogens (tertiary/aromatic N) is 1. The van der Waals surface area contributed by atoms with Crippen LogP contribution in [0.25, 0.3) is 0 Å². The van der Waals surface area contributed by atoms with Gasteiger partial charge in [-0.2, -0.15) is 0 Å². The molecule has 4 rings (SSSR count). The third kappa shape index (κ3) is 6.42. The average Bonchev–Trinajstić information content (AvgIpc) is 2.91. The topological polar surface area (TPSA) is 157 Å². The van der Waals surface area contributed by atoms with Crippen LogP contribution in [-0.2, 0) is 26.2 Å². The number of carbonyl (C=O) groups is 2. The summed E-state index contributed by atoms with van der Waals surface area (Å²) in [7, 11) is 0. The number of hydrogen-bond donors (Lipinski definition) is 5. The minimum atomic E-state index is -1.79. The summed E-state index contributed by atoms with van der Waals surface area (Å²) in [5.41, 5.74) is 1.73. The molecule has 39 heavy (non-hydrogen) atoms. The number of hydrogen-bond acceptors (Lipinski definition) is 8. The number of carboxylic acids is 2. The molecule has 0 aromatic heterocycles. The number of carboxylic acid groups (broad SMARTS) is 2. The van der Waals surface area contributed by atoms with E-state index in [0.29, 0.717) is 18.7 Å². The van der Waals surface area contributed by atoms with Crippen molar-refractivity contribution < 1.29 is 44.6 Å². The van der Waals surface area contributed by atoms with Crippen LogP contribution in [0.4, 0.5) is 0 Å². The van der Waals surface area contributed by atoms with E-state index in [-0.39, 0.29) is 11.3 Å². The van der Waals surface area contributed by atoms with E-state index >= 15 is 0 Å². The van der Waals surface area contributed by atoms with Crippen LogP contribution in [0.15, 0.2) is 54.6 Å². The predicted octanol–water partition coefficient (Wildman–Crippen LogP) is 1.50. The van der Waals surface area contributed by atoms with Crippen molar-refractivity contribution in [1.29, 1.82) is 0 Å². The normalized spacial score (nSPS) is 32.3. The Bertz CT molecular complexity index is 1140. The van der Waals surface area contributed by atoms with E-state index in [1.165, 1.54) is 0 Å². The van der Waals surface area contributed by atoms with Gasteiger partial charge in [0, 0.05) is 13.1 Å². The first-order chi connectivity index (χ1) is 18.5. The SMILES string of the molecule is C[C@H]1CN(C[C@H](Cc2ccccc2)C(=O)O)CC[C@@]1(C)c1cccc(O[C@@H]2O[C@H](C(=O)O)[C@@H](O)[C@H](O)[C@H]2O)c1. The maximum absolute atomic E-state index is 12.0. The van der Waals surface area contributed by atoms with Crippen molar-refractivity contribution in [2.45, 2.75) is 62.8 Å². The van der Waals surface area contributed by atoms with Crippen molar-refractivity contribution in [3.05, 3.63) is 65.7 Å². The highest BCUT2D eigenvalue weighted by molar-refractivity contribution is 5.73. The maximum Gasteiger partial charge on any atom is 0.335 e. The molecular formula is C29H37NO9. The molecular weight excluding hydrogens is 506 g/mol. The standard InChI is InChI=1S/C29H37NO9/c1-17-15-30(16-19(26(34)35)13-18-7-4-3-5-8-18)12-11-29(17,2)20-9-6-10-21(14-20)38-28-24(33)22(31)23(32)25(39-28)27(36)37/h3-10,14,17,19,22-25,28,31-33H,11-13,15-16H2,1-2H3,(H,34,35)(H,36,37)/t17-,19-,22-,23-,24+,25-,28+,29+/m0/s1. The molecule has 0 aliphatic carbocycles. The Morgan fingerprint density at radius 3 is 2.41 bits per heavy atom.